The Morgan fingerprint density at radius 1 is 1.18 bits per heavy atom. The molecule has 2 saturated heterocycles. The number of ketones is 1. The number of carbonyl (C=O) groups excluding carboxylic acids is 2. The van der Waals surface area contributed by atoms with Gasteiger partial charge in [0.2, 0.25) is 0 Å². The van der Waals surface area contributed by atoms with Crippen LogP contribution in [0.25, 0.3) is 5.76 Å². The number of hydrogen-bond donors (Lipinski definition) is 1. The zero-order valence-corrected chi connectivity index (χ0v) is 18.4. The smallest absolute Gasteiger partial charge is 0.295 e. The predicted octanol–water partition coefficient (Wildman–Crippen LogP) is 2.37. The number of benzene rings is 1. The minimum absolute atomic E-state index is 0.0146. The van der Waals surface area contributed by atoms with Crippen molar-refractivity contribution in [1.29, 1.82) is 0 Å². The van der Waals surface area contributed by atoms with E-state index in [1.54, 1.807) is 24.5 Å². The molecule has 0 unspecified atom stereocenters. The van der Waals surface area contributed by atoms with E-state index >= 15 is 0 Å². The summed E-state index contributed by atoms with van der Waals surface area (Å²) in [7, 11) is 1.34. The predicted molar refractivity (Wildman–Crippen MR) is 118 cm³/mol. The molecular weight excluding hydrogens is 429 g/mol. The van der Waals surface area contributed by atoms with E-state index in [0.29, 0.717) is 31.7 Å². The molecule has 0 aliphatic carbocycles. The molecule has 2 aliphatic heterocycles. The molecule has 4 rings (SSSR count). The van der Waals surface area contributed by atoms with Crippen molar-refractivity contribution >= 4 is 17.4 Å². The molecule has 2 aliphatic rings. The van der Waals surface area contributed by atoms with Crippen LogP contribution < -0.4 is 4.74 Å². The number of methoxy groups -OCH3 is 1. The summed E-state index contributed by atoms with van der Waals surface area (Å²) in [5.41, 5.74) is 0.673. The molecular formula is C24H26FN3O5. The summed E-state index contributed by atoms with van der Waals surface area (Å²) in [6.07, 6.45) is 3.79. The summed E-state index contributed by atoms with van der Waals surface area (Å²) >= 11 is 0. The van der Waals surface area contributed by atoms with Crippen molar-refractivity contribution in [3.8, 4) is 5.75 Å². The Kier molecular flexibility index (Phi) is 7.00. The van der Waals surface area contributed by atoms with Gasteiger partial charge >= 0.3 is 0 Å². The lowest BCUT2D eigenvalue weighted by molar-refractivity contribution is -0.140. The van der Waals surface area contributed by atoms with Crippen molar-refractivity contribution in [2.45, 2.75) is 12.5 Å². The van der Waals surface area contributed by atoms with Crippen LogP contribution in [0.15, 0.2) is 48.3 Å². The van der Waals surface area contributed by atoms with Crippen molar-refractivity contribution in [3.05, 3.63) is 65.2 Å². The first kappa shape index (κ1) is 22.9. The zero-order valence-electron chi connectivity index (χ0n) is 18.4. The second kappa shape index (κ2) is 10.1. The minimum atomic E-state index is -0.795. The van der Waals surface area contributed by atoms with Crippen molar-refractivity contribution in [2.75, 3.05) is 46.5 Å². The molecule has 33 heavy (non-hydrogen) atoms. The van der Waals surface area contributed by atoms with Crippen LogP contribution in [-0.2, 0) is 14.3 Å². The van der Waals surface area contributed by atoms with Gasteiger partial charge in [0.15, 0.2) is 11.6 Å². The Hall–Kier alpha value is -3.30. The van der Waals surface area contributed by atoms with Crippen molar-refractivity contribution in [2.24, 2.45) is 0 Å². The Bertz CT molecular complexity index is 1050. The maximum absolute atomic E-state index is 14.3. The topological polar surface area (TPSA) is 92.2 Å². The van der Waals surface area contributed by atoms with Crippen molar-refractivity contribution < 1.29 is 28.6 Å². The normalized spacial score (nSPS) is 20.9. The second-order valence-electron chi connectivity index (χ2n) is 7.93. The van der Waals surface area contributed by atoms with Crippen LogP contribution in [0.4, 0.5) is 4.39 Å². The van der Waals surface area contributed by atoms with E-state index in [4.69, 9.17) is 9.47 Å². The van der Waals surface area contributed by atoms with Gasteiger partial charge < -0.3 is 19.5 Å². The van der Waals surface area contributed by atoms with Crippen LogP contribution in [0.3, 0.4) is 0 Å². The maximum atomic E-state index is 14.3. The molecule has 9 heteroatoms. The van der Waals surface area contributed by atoms with Gasteiger partial charge in [-0.2, -0.15) is 0 Å². The lowest BCUT2D eigenvalue weighted by Crippen LogP contribution is -2.38. The van der Waals surface area contributed by atoms with Crippen molar-refractivity contribution in [3.63, 3.8) is 0 Å². The van der Waals surface area contributed by atoms with Gasteiger partial charge in [-0.25, -0.2) is 4.39 Å². The van der Waals surface area contributed by atoms with Crippen LogP contribution in [0, 0.1) is 5.82 Å². The second-order valence-corrected chi connectivity index (χ2v) is 7.93. The first-order chi connectivity index (χ1) is 16.0. The molecule has 2 aromatic rings. The lowest BCUT2D eigenvalue weighted by atomic mass is 9.96. The molecule has 174 valence electrons. The Balaban J connectivity index is 1.66. The van der Waals surface area contributed by atoms with Crippen molar-refractivity contribution in [1.82, 2.24) is 14.8 Å². The van der Waals surface area contributed by atoms with Gasteiger partial charge in [-0.3, -0.25) is 19.5 Å². The molecule has 1 atom stereocenters. The van der Waals surface area contributed by atoms with E-state index < -0.39 is 29.3 Å². The number of morpholine rings is 1. The molecule has 0 saturated carbocycles. The third-order valence-electron chi connectivity index (χ3n) is 5.96. The molecule has 3 heterocycles. The highest BCUT2D eigenvalue weighted by atomic mass is 19.1. The van der Waals surface area contributed by atoms with Crippen LogP contribution in [0.2, 0.25) is 0 Å². The molecule has 2 fully saturated rings. The average molecular weight is 455 g/mol. The molecule has 1 aromatic carbocycles. The first-order valence-corrected chi connectivity index (χ1v) is 10.8. The number of rotatable bonds is 7. The number of aliphatic hydroxyl groups excluding tert-OH is 1. The van der Waals surface area contributed by atoms with Gasteiger partial charge in [0, 0.05) is 44.1 Å². The maximum Gasteiger partial charge on any atom is 0.295 e. The van der Waals surface area contributed by atoms with Gasteiger partial charge in [-0.05, 0) is 42.3 Å². The van der Waals surface area contributed by atoms with Crippen LogP contribution in [0.1, 0.15) is 23.6 Å². The van der Waals surface area contributed by atoms with E-state index in [1.807, 2.05) is 0 Å². The Morgan fingerprint density at radius 3 is 2.58 bits per heavy atom. The molecule has 1 N–H and O–H groups in total. The average Bonchev–Trinajstić information content (AvgIpc) is 3.10. The summed E-state index contributed by atoms with van der Waals surface area (Å²) in [5.74, 6) is -2.57. The molecule has 0 radical (unpaired) electrons. The molecule has 1 aromatic heterocycles. The number of amides is 1. The summed E-state index contributed by atoms with van der Waals surface area (Å²) in [6, 6.07) is 6.52. The standard InChI is InChI=1S/C24H26FN3O5/c1-32-19-4-3-17(15-18(19)25)22(29)20-21(16-5-7-26-8-6-16)28(24(31)23(20)30)10-2-9-27-11-13-33-14-12-27/h3-8,15,21,29H,2,9-14H2,1H3/t21-/m1/s1. The van der Waals surface area contributed by atoms with Crippen LogP contribution in [0.5, 0.6) is 5.75 Å². The number of hydrogen-bond acceptors (Lipinski definition) is 7. The Labute approximate surface area is 191 Å². The fraction of sp³-hybridized carbons (Fsp3) is 0.375. The number of ether oxygens (including phenoxy) is 2. The van der Waals surface area contributed by atoms with E-state index in [9.17, 15) is 19.1 Å². The largest absolute Gasteiger partial charge is 0.507 e. The Morgan fingerprint density at radius 2 is 1.91 bits per heavy atom. The van der Waals surface area contributed by atoms with Crippen LogP contribution >= 0.6 is 0 Å². The highest BCUT2D eigenvalue weighted by molar-refractivity contribution is 6.46. The molecule has 0 bridgehead atoms. The number of aliphatic hydroxyl groups is 1. The number of nitrogens with zero attached hydrogens (tertiary/aromatic N) is 3. The van der Waals surface area contributed by atoms with E-state index in [2.05, 4.69) is 9.88 Å². The minimum Gasteiger partial charge on any atom is -0.507 e. The number of aromatic nitrogens is 1. The third kappa shape index (κ3) is 4.74. The van der Waals surface area contributed by atoms with E-state index in [1.165, 1.54) is 24.1 Å². The highest BCUT2D eigenvalue weighted by Crippen LogP contribution is 2.39. The van der Waals surface area contributed by atoms with Gasteiger partial charge in [0.25, 0.3) is 11.7 Å². The fourth-order valence-corrected chi connectivity index (χ4v) is 4.26. The number of carbonyl (C=O) groups is 2. The SMILES string of the molecule is COc1ccc(C(O)=C2C(=O)C(=O)N(CCCN3CCOCC3)[C@@H]2c2ccncc2)cc1F. The van der Waals surface area contributed by atoms with Gasteiger partial charge in [-0.1, -0.05) is 0 Å². The molecule has 0 spiro atoms. The highest BCUT2D eigenvalue weighted by Gasteiger charge is 2.45. The summed E-state index contributed by atoms with van der Waals surface area (Å²) in [6.45, 7) is 4.12. The van der Waals surface area contributed by atoms with Crippen LogP contribution in [-0.4, -0.2) is 78.1 Å². The number of Topliss-reactive ketones (excluding diaryl/α,β-unsaturated/α-hetero) is 1. The van der Waals surface area contributed by atoms with Gasteiger partial charge in [0.1, 0.15) is 5.76 Å². The summed E-state index contributed by atoms with van der Waals surface area (Å²) in [4.78, 5) is 33.7. The fourth-order valence-electron chi connectivity index (χ4n) is 4.26. The summed E-state index contributed by atoms with van der Waals surface area (Å²) in [5, 5.41) is 11.0. The van der Waals surface area contributed by atoms with E-state index in [0.717, 1.165) is 25.7 Å². The number of halogens is 1. The monoisotopic (exact) mass is 455 g/mol. The number of pyridine rings is 1. The quantitative estimate of drug-likeness (QED) is 0.389. The third-order valence-corrected chi connectivity index (χ3v) is 5.96. The number of likely N-dealkylation sites (tertiary alicyclic amines) is 1. The first-order valence-electron chi connectivity index (χ1n) is 10.8. The van der Waals surface area contributed by atoms with E-state index in [-0.39, 0.29) is 16.9 Å². The molecule has 1 amide bonds. The van der Waals surface area contributed by atoms with Gasteiger partial charge in [-0.15, -0.1) is 0 Å². The van der Waals surface area contributed by atoms with Gasteiger partial charge in [0.05, 0.1) is 31.9 Å². The zero-order chi connectivity index (χ0) is 23.4. The molecule has 8 nitrogen and oxygen atoms in total. The lowest BCUT2D eigenvalue weighted by Gasteiger charge is -2.29. The summed E-state index contributed by atoms with van der Waals surface area (Å²) < 4.78 is 24.6.